The van der Waals surface area contributed by atoms with Crippen molar-refractivity contribution in [3.63, 3.8) is 0 Å². The van der Waals surface area contributed by atoms with E-state index in [0.29, 0.717) is 6.42 Å². The van der Waals surface area contributed by atoms with Gasteiger partial charge in [0, 0.05) is 42.0 Å². The highest BCUT2D eigenvalue weighted by atomic mass is 32.2. The van der Waals surface area contributed by atoms with Crippen LogP contribution in [0.25, 0.3) is 10.9 Å². The largest absolute Gasteiger partial charge is 0.361 e. The molecule has 6 nitrogen and oxygen atoms in total. The lowest BCUT2D eigenvalue weighted by Gasteiger charge is -2.37. The molecule has 8 rings (SSSR count). The molecule has 50 heavy (non-hydrogen) atoms. The fourth-order valence-corrected chi connectivity index (χ4v) is 7.97. The van der Waals surface area contributed by atoms with Gasteiger partial charge in [-0.1, -0.05) is 151 Å². The first kappa shape index (κ1) is 31.6. The van der Waals surface area contributed by atoms with Gasteiger partial charge in [-0.05, 0) is 46.7 Å². The SMILES string of the molecule is c1ccc(CSc2nnc(Cc3c[nH]c4ccccc34)n2CCCc2cn(C(c3ccccc3)(c3ccccc3)c3ccccc3)cn2)cc1. The van der Waals surface area contributed by atoms with Gasteiger partial charge in [0.2, 0.25) is 0 Å². The number of para-hydroxylation sites is 1. The maximum absolute atomic E-state index is 5.01. The van der Waals surface area contributed by atoms with Gasteiger partial charge in [0.05, 0.1) is 12.0 Å². The van der Waals surface area contributed by atoms with E-state index in [1.165, 1.54) is 33.2 Å². The van der Waals surface area contributed by atoms with Crippen LogP contribution in [0.4, 0.5) is 0 Å². The van der Waals surface area contributed by atoms with Gasteiger partial charge >= 0.3 is 0 Å². The van der Waals surface area contributed by atoms with E-state index in [4.69, 9.17) is 15.2 Å². The van der Waals surface area contributed by atoms with Crippen molar-refractivity contribution in [2.45, 2.75) is 42.3 Å². The highest BCUT2D eigenvalue weighted by Gasteiger charge is 2.38. The van der Waals surface area contributed by atoms with Crippen molar-refractivity contribution in [3.8, 4) is 0 Å². The van der Waals surface area contributed by atoms with Crippen molar-refractivity contribution in [2.24, 2.45) is 0 Å². The molecule has 0 saturated heterocycles. The molecule has 246 valence electrons. The molecule has 0 radical (unpaired) electrons. The van der Waals surface area contributed by atoms with Gasteiger partial charge < -0.3 is 14.1 Å². The molecule has 8 aromatic rings. The number of nitrogens with zero attached hydrogens (tertiary/aromatic N) is 5. The molecule has 0 aliphatic carbocycles. The summed E-state index contributed by atoms with van der Waals surface area (Å²) in [5, 5.41) is 11.6. The first-order valence-electron chi connectivity index (χ1n) is 17.1. The van der Waals surface area contributed by atoms with Gasteiger partial charge in [-0.15, -0.1) is 10.2 Å². The lowest BCUT2D eigenvalue weighted by molar-refractivity contribution is 0.513. The van der Waals surface area contributed by atoms with Gasteiger partial charge in [-0.2, -0.15) is 0 Å². The zero-order valence-electron chi connectivity index (χ0n) is 27.8. The van der Waals surface area contributed by atoms with E-state index in [2.05, 4.69) is 172 Å². The summed E-state index contributed by atoms with van der Waals surface area (Å²) in [6, 6.07) is 51.3. The molecule has 0 saturated carbocycles. The number of imidazole rings is 1. The highest BCUT2D eigenvalue weighted by molar-refractivity contribution is 7.98. The fraction of sp³-hybridized carbons (Fsp3) is 0.140. The molecular weight excluding hydrogens is 633 g/mol. The van der Waals surface area contributed by atoms with Gasteiger partial charge in [0.1, 0.15) is 11.4 Å². The summed E-state index contributed by atoms with van der Waals surface area (Å²) in [4.78, 5) is 8.43. The molecule has 1 N–H and O–H groups in total. The molecule has 0 atom stereocenters. The Morgan fingerprint density at radius 1 is 0.660 bits per heavy atom. The molecule has 3 aromatic heterocycles. The Labute approximate surface area is 296 Å². The average molecular weight is 671 g/mol. The third-order valence-corrected chi connectivity index (χ3v) is 10.5. The number of aromatic amines is 1. The van der Waals surface area contributed by atoms with Crippen LogP contribution in [0, 0.1) is 0 Å². The van der Waals surface area contributed by atoms with Crippen LogP contribution in [0.3, 0.4) is 0 Å². The van der Waals surface area contributed by atoms with Crippen LogP contribution in [0.2, 0.25) is 0 Å². The minimum Gasteiger partial charge on any atom is -0.361 e. The van der Waals surface area contributed by atoms with Gasteiger partial charge in [0.25, 0.3) is 0 Å². The van der Waals surface area contributed by atoms with Crippen LogP contribution in [0.1, 0.15) is 45.8 Å². The third kappa shape index (κ3) is 6.28. The van der Waals surface area contributed by atoms with Crippen molar-refractivity contribution in [2.75, 3.05) is 0 Å². The number of rotatable bonds is 13. The van der Waals surface area contributed by atoms with E-state index in [9.17, 15) is 0 Å². The minimum absolute atomic E-state index is 0.572. The molecule has 0 fully saturated rings. The van der Waals surface area contributed by atoms with E-state index in [1.807, 2.05) is 6.33 Å². The average Bonchev–Trinajstić information content (AvgIpc) is 3.93. The molecule has 0 amide bonds. The van der Waals surface area contributed by atoms with Crippen molar-refractivity contribution < 1.29 is 0 Å². The Hall–Kier alpha value is -5.66. The number of benzene rings is 5. The molecular formula is C43H38N6S. The second kappa shape index (κ2) is 14.4. The maximum atomic E-state index is 5.01. The Bertz CT molecular complexity index is 2180. The molecule has 0 aliphatic heterocycles. The topological polar surface area (TPSA) is 64.3 Å². The van der Waals surface area contributed by atoms with Crippen LogP contribution < -0.4 is 0 Å². The summed E-state index contributed by atoms with van der Waals surface area (Å²) in [6.45, 7) is 0.801. The lowest BCUT2D eigenvalue weighted by atomic mass is 9.77. The third-order valence-electron chi connectivity index (χ3n) is 9.44. The first-order chi connectivity index (χ1) is 24.8. The summed E-state index contributed by atoms with van der Waals surface area (Å²) in [7, 11) is 0. The van der Waals surface area contributed by atoms with Crippen LogP contribution >= 0.6 is 11.8 Å². The van der Waals surface area contributed by atoms with E-state index < -0.39 is 5.54 Å². The van der Waals surface area contributed by atoms with Crippen LogP contribution in [-0.4, -0.2) is 29.3 Å². The summed E-state index contributed by atoms with van der Waals surface area (Å²) >= 11 is 1.75. The molecule has 0 aliphatic rings. The van der Waals surface area contributed by atoms with Crippen molar-refractivity contribution >= 4 is 22.7 Å². The molecule has 0 unspecified atom stereocenters. The minimum atomic E-state index is -0.572. The first-order valence-corrected chi connectivity index (χ1v) is 18.1. The van der Waals surface area contributed by atoms with E-state index in [1.54, 1.807) is 11.8 Å². The Morgan fingerprint density at radius 2 is 1.26 bits per heavy atom. The van der Waals surface area contributed by atoms with Crippen molar-refractivity contribution in [1.29, 1.82) is 0 Å². The van der Waals surface area contributed by atoms with Crippen LogP contribution in [-0.2, 0) is 30.7 Å². The van der Waals surface area contributed by atoms with E-state index in [0.717, 1.165) is 47.3 Å². The Balaban J connectivity index is 1.09. The Kier molecular flexibility index (Phi) is 9.13. The predicted molar refractivity (Wildman–Crippen MR) is 202 cm³/mol. The maximum Gasteiger partial charge on any atom is 0.191 e. The number of hydrogen-bond donors (Lipinski definition) is 1. The van der Waals surface area contributed by atoms with E-state index in [-0.39, 0.29) is 0 Å². The second-order valence-electron chi connectivity index (χ2n) is 12.5. The molecule has 5 aromatic carbocycles. The molecule has 0 bridgehead atoms. The number of aryl methyl sites for hydroxylation is 1. The van der Waals surface area contributed by atoms with Gasteiger partial charge in [-0.3, -0.25) is 0 Å². The van der Waals surface area contributed by atoms with Crippen molar-refractivity contribution in [1.82, 2.24) is 29.3 Å². The summed E-state index contributed by atoms with van der Waals surface area (Å²) < 4.78 is 4.61. The number of hydrogen-bond acceptors (Lipinski definition) is 4. The fourth-order valence-electron chi connectivity index (χ4n) is 7.03. The number of nitrogens with one attached hydrogen (secondary N) is 1. The van der Waals surface area contributed by atoms with Crippen LogP contribution in [0.5, 0.6) is 0 Å². The summed E-state index contributed by atoms with van der Waals surface area (Å²) in [6.07, 6.45) is 8.79. The predicted octanol–water partition coefficient (Wildman–Crippen LogP) is 9.31. The quantitative estimate of drug-likeness (QED) is 0.0981. The second-order valence-corrected chi connectivity index (χ2v) is 13.5. The number of H-pyrrole nitrogens is 1. The Morgan fingerprint density at radius 3 is 1.92 bits per heavy atom. The zero-order valence-corrected chi connectivity index (χ0v) is 28.6. The van der Waals surface area contributed by atoms with Crippen LogP contribution in [0.15, 0.2) is 169 Å². The summed E-state index contributed by atoms with van der Waals surface area (Å²) in [5.41, 5.74) is 7.69. The number of fused-ring (bicyclic) bond motifs is 1. The molecule has 3 heterocycles. The van der Waals surface area contributed by atoms with Gasteiger partial charge in [-0.25, -0.2) is 4.98 Å². The van der Waals surface area contributed by atoms with Gasteiger partial charge in [0.15, 0.2) is 5.16 Å². The monoisotopic (exact) mass is 670 g/mol. The smallest absolute Gasteiger partial charge is 0.191 e. The molecule has 0 spiro atoms. The highest BCUT2D eigenvalue weighted by Crippen LogP contribution is 2.41. The normalized spacial score (nSPS) is 11.7. The lowest BCUT2D eigenvalue weighted by Crippen LogP contribution is -2.36. The molecule has 7 heteroatoms. The number of aromatic nitrogens is 6. The van der Waals surface area contributed by atoms with Crippen molar-refractivity contribution in [3.05, 3.63) is 204 Å². The number of thioether (sulfide) groups is 1. The zero-order chi connectivity index (χ0) is 33.6. The van der Waals surface area contributed by atoms with E-state index >= 15 is 0 Å². The summed E-state index contributed by atoms with van der Waals surface area (Å²) in [5.74, 6) is 1.82. The standard InChI is InChI=1S/C43H38N6S/c1-5-16-33(17-6-1)31-50-42-47-46-41(28-34-29-44-40-26-14-13-25-39(34)40)49(42)27-15-24-38-30-48(32-45-38)43(35-18-7-2-8-19-35,36-20-9-3-10-21-36)37-22-11-4-12-23-37/h1-14,16-23,25-26,29-30,32,44H,15,24,27-28,31H2.